The molecule has 0 bridgehead atoms. The first-order chi connectivity index (χ1) is 9.90. The van der Waals surface area contributed by atoms with Crippen molar-refractivity contribution < 1.29 is 17.2 Å². The zero-order chi connectivity index (χ0) is 15.5. The quantitative estimate of drug-likeness (QED) is 0.915. The van der Waals surface area contributed by atoms with E-state index in [2.05, 4.69) is 4.72 Å². The molecule has 0 amide bonds. The molecule has 112 valence electrons. The second-order valence-electron chi connectivity index (χ2n) is 4.33. The molecule has 21 heavy (non-hydrogen) atoms. The Morgan fingerprint density at radius 2 is 1.57 bits per heavy atom. The minimum Gasteiger partial charge on any atom is -0.211 e. The fourth-order valence-electron chi connectivity index (χ4n) is 1.79. The molecule has 1 N–H and O–H groups in total. The molecular formula is C14H12ClF2NO2S. The Morgan fingerprint density at radius 3 is 2.14 bits per heavy atom. The third-order valence-corrected chi connectivity index (χ3v) is 4.57. The fraction of sp³-hybridized carbons (Fsp3) is 0.143. The highest BCUT2D eigenvalue weighted by Gasteiger charge is 2.23. The predicted molar refractivity (Wildman–Crippen MR) is 76.7 cm³/mol. The van der Waals surface area contributed by atoms with E-state index in [9.17, 15) is 17.2 Å². The summed E-state index contributed by atoms with van der Waals surface area (Å²) in [5, 5.41) is 0.577. The molecule has 0 spiro atoms. The van der Waals surface area contributed by atoms with Gasteiger partial charge in [-0.3, -0.25) is 0 Å². The van der Waals surface area contributed by atoms with Gasteiger partial charge in [0.25, 0.3) is 0 Å². The number of benzene rings is 2. The van der Waals surface area contributed by atoms with E-state index in [1.807, 2.05) is 0 Å². The van der Waals surface area contributed by atoms with Gasteiger partial charge >= 0.3 is 0 Å². The first-order valence-corrected chi connectivity index (χ1v) is 7.94. The van der Waals surface area contributed by atoms with Crippen molar-refractivity contribution in [1.82, 2.24) is 4.72 Å². The summed E-state index contributed by atoms with van der Waals surface area (Å²) in [5.41, 5.74) is 0.858. The van der Waals surface area contributed by atoms with Gasteiger partial charge in [-0.2, -0.15) is 0 Å². The standard InChI is InChI=1S/C14H12ClF2NO2S/c15-11-6-4-10(5-7-11)8-9-18-21(19,20)14-12(16)2-1-3-13(14)17/h1-7,18H,8-9H2. The summed E-state index contributed by atoms with van der Waals surface area (Å²) in [5.74, 6) is -2.23. The highest BCUT2D eigenvalue weighted by molar-refractivity contribution is 7.89. The molecule has 0 fully saturated rings. The molecule has 0 aliphatic carbocycles. The number of halogens is 3. The molecule has 2 rings (SSSR count). The van der Waals surface area contributed by atoms with E-state index in [0.717, 1.165) is 23.8 Å². The molecule has 0 unspecified atom stereocenters. The molecule has 0 saturated carbocycles. The molecular weight excluding hydrogens is 320 g/mol. The van der Waals surface area contributed by atoms with E-state index >= 15 is 0 Å². The van der Waals surface area contributed by atoms with Gasteiger partial charge in [0.1, 0.15) is 11.6 Å². The van der Waals surface area contributed by atoms with Gasteiger partial charge in [0.2, 0.25) is 10.0 Å². The first-order valence-electron chi connectivity index (χ1n) is 6.08. The van der Waals surface area contributed by atoms with Gasteiger partial charge in [-0.15, -0.1) is 0 Å². The summed E-state index contributed by atoms with van der Waals surface area (Å²) in [6.45, 7) is 0.0255. The summed E-state index contributed by atoms with van der Waals surface area (Å²) < 4.78 is 52.9. The molecule has 0 aromatic heterocycles. The largest absolute Gasteiger partial charge is 0.246 e. The number of sulfonamides is 1. The average Bonchev–Trinajstić information content (AvgIpc) is 2.40. The Morgan fingerprint density at radius 1 is 1.00 bits per heavy atom. The number of hydrogen-bond acceptors (Lipinski definition) is 2. The molecule has 0 radical (unpaired) electrons. The predicted octanol–water partition coefficient (Wildman–Crippen LogP) is 3.14. The zero-order valence-electron chi connectivity index (χ0n) is 10.8. The SMILES string of the molecule is O=S(=O)(NCCc1ccc(Cl)cc1)c1c(F)cccc1F. The van der Waals surface area contributed by atoms with Crippen molar-refractivity contribution in [3.05, 3.63) is 64.7 Å². The second kappa shape index (κ2) is 6.51. The van der Waals surface area contributed by atoms with Crippen LogP contribution in [0.3, 0.4) is 0 Å². The topological polar surface area (TPSA) is 46.2 Å². The van der Waals surface area contributed by atoms with E-state index < -0.39 is 26.6 Å². The van der Waals surface area contributed by atoms with E-state index in [-0.39, 0.29) is 6.54 Å². The Bertz CT molecular complexity index is 713. The molecule has 2 aromatic carbocycles. The minimum atomic E-state index is -4.23. The van der Waals surface area contributed by atoms with Crippen LogP contribution in [0.4, 0.5) is 8.78 Å². The average molecular weight is 332 g/mol. The van der Waals surface area contributed by atoms with Crippen LogP contribution in [0.1, 0.15) is 5.56 Å². The van der Waals surface area contributed by atoms with Crippen molar-refractivity contribution in [2.24, 2.45) is 0 Å². The molecule has 7 heteroatoms. The summed E-state index contributed by atoms with van der Waals surface area (Å²) in [6.07, 6.45) is 0.381. The van der Waals surface area contributed by atoms with Crippen LogP contribution in [0.15, 0.2) is 47.4 Å². The molecule has 0 atom stereocenters. The number of nitrogens with one attached hydrogen (secondary N) is 1. The van der Waals surface area contributed by atoms with Crippen LogP contribution < -0.4 is 4.72 Å². The molecule has 2 aromatic rings. The normalized spacial score (nSPS) is 11.6. The van der Waals surface area contributed by atoms with Crippen LogP contribution in [0.5, 0.6) is 0 Å². The van der Waals surface area contributed by atoms with Crippen LogP contribution in [0.25, 0.3) is 0 Å². The summed E-state index contributed by atoms with van der Waals surface area (Å²) in [6, 6.07) is 9.77. The molecule has 0 aliphatic heterocycles. The minimum absolute atomic E-state index is 0.0255. The number of hydrogen-bond donors (Lipinski definition) is 1. The Hall–Kier alpha value is -1.50. The van der Waals surface area contributed by atoms with Crippen molar-refractivity contribution in [2.75, 3.05) is 6.54 Å². The third-order valence-electron chi connectivity index (χ3n) is 2.81. The smallest absolute Gasteiger partial charge is 0.211 e. The summed E-state index contributed by atoms with van der Waals surface area (Å²) in [4.78, 5) is -0.957. The lowest BCUT2D eigenvalue weighted by atomic mass is 10.2. The first kappa shape index (κ1) is 15.9. The van der Waals surface area contributed by atoms with Crippen LogP contribution >= 0.6 is 11.6 Å². The fourth-order valence-corrected chi connectivity index (χ4v) is 3.08. The maximum atomic E-state index is 13.5. The number of rotatable bonds is 5. The lowest BCUT2D eigenvalue weighted by Crippen LogP contribution is -2.27. The Balaban J connectivity index is 2.07. The maximum absolute atomic E-state index is 13.5. The Kier molecular flexibility index (Phi) is 4.92. The monoisotopic (exact) mass is 331 g/mol. The highest BCUT2D eigenvalue weighted by atomic mass is 35.5. The van der Waals surface area contributed by atoms with Crippen LogP contribution in [-0.2, 0) is 16.4 Å². The van der Waals surface area contributed by atoms with Crippen molar-refractivity contribution in [1.29, 1.82) is 0 Å². The second-order valence-corrected chi connectivity index (χ2v) is 6.47. The van der Waals surface area contributed by atoms with Gasteiger partial charge in [-0.1, -0.05) is 29.8 Å². The highest BCUT2D eigenvalue weighted by Crippen LogP contribution is 2.18. The van der Waals surface area contributed by atoms with Crippen molar-refractivity contribution in [2.45, 2.75) is 11.3 Å². The molecule has 0 saturated heterocycles. The van der Waals surface area contributed by atoms with Gasteiger partial charge in [0.05, 0.1) is 0 Å². The van der Waals surface area contributed by atoms with Gasteiger partial charge in [-0.25, -0.2) is 21.9 Å². The lowest BCUT2D eigenvalue weighted by Gasteiger charge is -2.08. The van der Waals surface area contributed by atoms with E-state index in [1.165, 1.54) is 0 Å². The molecule has 0 aliphatic rings. The van der Waals surface area contributed by atoms with Gasteiger partial charge in [-0.05, 0) is 36.2 Å². The van der Waals surface area contributed by atoms with E-state index in [0.29, 0.717) is 11.4 Å². The van der Waals surface area contributed by atoms with Gasteiger partial charge in [0.15, 0.2) is 4.90 Å². The summed E-state index contributed by atoms with van der Waals surface area (Å²) in [7, 11) is -4.23. The van der Waals surface area contributed by atoms with Crippen molar-refractivity contribution in [3.63, 3.8) is 0 Å². The van der Waals surface area contributed by atoms with Crippen molar-refractivity contribution >= 4 is 21.6 Å². The van der Waals surface area contributed by atoms with E-state index in [1.54, 1.807) is 24.3 Å². The van der Waals surface area contributed by atoms with Crippen LogP contribution in [0.2, 0.25) is 5.02 Å². The van der Waals surface area contributed by atoms with Crippen molar-refractivity contribution in [3.8, 4) is 0 Å². The zero-order valence-corrected chi connectivity index (χ0v) is 12.4. The summed E-state index contributed by atoms with van der Waals surface area (Å²) >= 11 is 5.74. The maximum Gasteiger partial charge on any atom is 0.246 e. The lowest BCUT2D eigenvalue weighted by molar-refractivity contribution is 0.514. The van der Waals surface area contributed by atoms with Gasteiger partial charge < -0.3 is 0 Å². The van der Waals surface area contributed by atoms with Crippen LogP contribution in [-0.4, -0.2) is 15.0 Å². The van der Waals surface area contributed by atoms with Crippen LogP contribution in [0, 0.1) is 11.6 Å². The molecule has 3 nitrogen and oxygen atoms in total. The Labute approximate surface area is 126 Å². The molecule has 0 heterocycles. The third kappa shape index (κ3) is 4.00. The van der Waals surface area contributed by atoms with E-state index in [4.69, 9.17) is 11.6 Å². The van der Waals surface area contributed by atoms with Gasteiger partial charge in [0, 0.05) is 11.6 Å².